The second-order valence-electron chi connectivity index (χ2n) is 7.42. The first-order valence-electron chi connectivity index (χ1n) is 9.46. The summed E-state index contributed by atoms with van der Waals surface area (Å²) in [5, 5.41) is 0.0378. The average molecular weight is 421 g/mol. The maximum atomic E-state index is 13.9. The third-order valence-corrected chi connectivity index (χ3v) is 6.83. The molecule has 0 aliphatic rings. The van der Waals surface area contributed by atoms with Crippen LogP contribution < -0.4 is 5.43 Å². The normalized spacial score (nSPS) is 11.7. The second-order valence-corrected chi connectivity index (χ2v) is 9.34. The van der Waals surface area contributed by atoms with Gasteiger partial charge in [-0.2, -0.15) is 0 Å². The molecule has 3 aromatic carbocycles. The molecular formula is C24H20FNO3S. The van der Waals surface area contributed by atoms with Crippen LogP contribution in [0.5, 0.6) is 0 Å². The van der Waals surface area contributed by atoms with Crippen molar-refractivity contribution in [2.24, 2.45) is 0 Å². The molecule has 0 saturated carbocycles. The van der Waals surface area contributed by atoms with Crippen molar-refractivity contribution in [1.29, 1.82) is 0 Å². The van der Waals surface area contributed by atoms with E-state index in [0.29, 0.717) is 12.1 Å². The first-order valence-corrected chi connectivity index (χ1v) is 10.9. The van der Waals surface area contributed by atoms with E-state index in [9.17, 15) is 17.6 Å². The molecule has 152 valence electrons. The number of hydrogen-bond acceptors (Lipinski definition) is 3. The van der Waals surface area contributed by atoms with Gasteiger partial charge in [0.05, 0.1) is 10.4 Å². The number of sulfone groups is 1. The number of aryl methyl sites for hydroxylation is 2. The van der Waals surface area contributed by atoms with E-state index in [1.807, 2.05) is 38.1 Å². The Morgan fingerprint density at radius 1 is 0.900 bits per heavy atom. The molecule has 1 aromatic heterocycles. The number of rotatable bonds is 4. The molecule has 0 bridgehead atoms. The van der Waals surface area contributed by atoms with Crippen LogP contribution in [0.4, 0.5) is 4.39 Å². The van der Waals surface area contributed by atoms with E-state index < -0.39 is 21.1 Å². The SMILES string of the molecule is Cc1ccc(S(=O)(=O)c2cn(Cc3cccc(C)c3)c3ccc(F)cc3c2=O)cc1. The van der Waals surface area contributed by atoms with Crippen LogP contribution in [0.15, 0.2) is 87.5 Å². The van der Waals surface area contributed by atoms with Gasteiger partial charge >= 0.3 is 0 Å². The van der Waals surface area contributed by atoms with Crippen LogP contribution in [0.25, 0.3) is 10.9 Å². The monoisotopic (exact) mass is 421 g/mol. The Hall–Kier alpha value is -3.25. The van der Waals surface area contributed by atoms with Gasteiger partial charge in [-0.15, -0.1) is 0 Å². The van der Waals surface area contributed by atoms with Crippen molar-refractivity contribution in [3.05, 3.63) is 106 Å². The smallest absolute Gasteiger partial charge is 0.211 e. The predicted molar refractivity (Wildman–Crippen MR) is 115 cm³/mol. The van der Waals surface area contributed by atoms with Gasteiger partial charge in [0, 0.05) is 18.1 Å². The second kappa shape index (κ2) is 7.54. The van der Waals surface area contributed by atoms with Gasteiger partial charge in [-0.25, -0.2) is 12.8 Å². The molecule has 0 fully saturated rings. The summed E-state index contributed by atoms with van der Waals surface area (Å²) in [5.74, 6) is -0.591. The van der Waals surface area contributed by atoms with Crippen LogP contribution in [0.2, 0.25) is 0 Å². The highest BCUT2D eigenvalue weighted by molar-refractivity contribution is 7.91. The zero-order valence-electron chi connectivity index (χ0n) is 16.6. The van der Waals surface area contributed by atoms with Crippen LogP contribution >= 0.6 is 0 Å². The standard InChI is InChI=1S/C24H20FNO3S/c1-16-6-9-20(10-7-16)30(28,29)23-15-26(14-18-5-3-4-17(2)12-18)22-11-8-19(25)13-21(22)24(23)27/h3-13,15H,14H2,1-2H3. The molecule has 0 aliphatic carbocycles. The van der Waals surface area contributed by atoms with Crippen LogP contribution in [-0.2, 0) is 16.4 Å². The van der Waals surface area contributed by atoms with Crippen LogP contribution in [0.1, 0.15) is 16.7 Å². The van der Waals surface area contributed by atoms with Crippen molar-refractivity contribution in [2.45, 2.75) is 30.2 Å². The molecule has 4 aromatic rings. The third kappa shape index (κ3) is 3.66. The zero-order chi connectivity index (χ0) is 21.5. The molecule has 0 unspecified atom stereocenters. The minimum atomic E-state index is -4.07. The van der Waals surface area contributed by atoms with E-state index in [0.717, 1.165) is 22.8 Å². The molecule has 0 radical (unpaired) electrons. The van der Waals surface area contributed by atoms with Crippen molar-refractivity contribution in [3.8, 4) is 0 Å². The molecule has 30 heavy (non-hydrogen) atoms. The Labute approximate surface area is 174 Å². The Morgan fingerprint density at radius 3 is 2.33 bits per heavy atom. The van der Waals surface area contributed by atoms with Gasteiger partial charge in [0.25, 0.3) is 0 Å². The largest absolute Gasteiger partial charge is 0.341 e. The van der Waals surface area contributed by atoms with Gasteiger partial charge < -0.3 is 4.57 Å². The van der Waals surface area contributed by atoms with Crippen LogP contribution in [-0.4, -0.2) is 13.0 Å². The number of aromatic nitrogens is 1. The lowest BCUT2D eigenvalue weighted by molar-refractivity contribution is 0.593. The summed E-state index contributed by atoms with van der Waals surface area (Å²) in [7, 11) is -4.07. The molecule has 4 rings (SSSR count). The fourth-order valence-corrected chi connectivity index (χ4v) is 4.89. The zero-order valence-corrected chi connectivity index (χ0v) is 17.4. The number of nitrogens with zero attached hydrogens (tertiary/aromatic N) is 1. The van der Waals surface area contributed by atoms with Crippen LogP contribution in [0, 0.1) is 19.7 Å². The molecular weight excluding hydrogens is 401 g/mol. The fraction of sp³-hybridized carbons (Fsp3) is 0.125. The molecule has 4 nitrogen and oxygen atoms in total. The fourth-order valence-electron chi connectivity index (χ4n) is 3.52. The summed E-state index contributed by atoms with van der Waals surface area (Å²) in [6.07, 6.45) is 1.36. The van der Waals surface area contributed by atoms with Gasteiger partial charge in [-0.1, -0.05) is 47.5 Å². The van der Waals surface area contributed by atoms with E-state index in [-0.39, 0.29) is 15.2 Å². The molecule has 0 amide bonds. The summed E-state index contributed by atoms with van der Waals surface area (Å²) < 4.78 is 42.1. The number of fused-ring (bicyclic) bond motifs is 1. The van der Waals surface area contributed by atoms with Gasteiger partial charge in [0.2, 0.25) is 15.3 Å². The summed E-state index contributed by atoms with van der Waals surface area (Å²) >= 11 is 0. The van der Waals surface area contributed by atoms with E-state index in [1.54, 1.807) is 16.7 Å². The Balaban J connectivity index is 1.97. The lowest BCUT2D eigenvalue weighted by Gasteiger charge is -2.15. The van der Waals surface area contributed by atoms with Gasteiger partial charge in [0.15, 0.2) is 0 Å². The Morgan fingerprint density at radius 2 is 1.63 bits per heavy atom. The Bertz CT molecular complexity index is 1420. The van der Waals surface area contributed by atoms with Gasteiger partial charge in [0.1, 0.15) is 10.7 Å². The highest BCUT2D eigenvalue weighted by Crippen LogP contribution is 2.23. The van der Waals surface area contributed by atoms with E-state index >= 15 is 0 Å². The predicted octanol–water partition coefficient (Wildman–Crippen LogP) is 4.64. The quantitative estimate of drug-likeness (QED) is 0.482. The van der Waals surface area contributed by atoms with Crippen LogP contribution in [0.3, 0.4) is 0 Å². The minimum Gasteiger partial charge on any atom is -0.341 e. The minimum absolute atomic E-state index is 0.0306. The molecule has 0 atom stereocenters. The van der Waals surface area contributed by atoms with Gasteiger partial charge in [-0.3, -0.25) is 4.79 Å². The summed E-state index contributed by atoms with van der Waals surface area (Å²) in [6, 6.07) is 18.0. The lowest BCUT2D eigenvalue weighted by atomic mass is 10.1. The maximum Gasteiger partial charge on any atom is 0.211 e. The number of hydrogen-bond donors (Lipinski definition) is 0. The first kappa shape index (κ1) is 20.0. The highest BCUT2D eigenvalue weighted by Gasteiger charge is 2.24. The first-order chi connectivity index (χ1) is 14.3. The number of halogens is 1. The lowest BCUT2D eigenvalue weighted by Crippen LogP contribution is -2.20. The third-order valence-electron chi connectivity index (χ3n) is 5.07. The summed E-state index contributed by atoms with van der Waals surface area (Å²) in [5.41, 5.74) is 2.70. The number of benzene rings is 3. The number of pyridine rings is 1. The van der Waals surface area contributed by atoms with E-state index in [1.165, 1.54) is 30.5 Å². The molecule has 0 saturated heterocycles. The van der Waals surface area contributed by atoms with Crippen molar-refractivity contribution in [1.82, 2.24) is 4.57 Å². The van der Waals surface area contributed by atoms with E-state index in [4.69, 9.17) is 0 Å². The average Bonchev–Trinajstić information content (AvgIpc) is 2.70. The molecule has 0 aliphatic heterocycles. The topological polar surface area (TPSA) is 56.1 Å². The van der Waals surface area contributed by atoms with Crippen molar-refractivity contribution >= 4 is 20.7 Å². The van der Waals surface area contributed by atoms with Crippen molar-refractivity contribution < 1.29 is 12.8 Å². The molecule has 0 N–H and O–H groups in total. The van der Waals surface area contributed by atoms with Crippen molar-refractivity contribution in [3.63, 3.8) is 0 Å². The summed E-state index contributed by atoms with van der Waals surface area (Å²) in [6.45, 7) is 4.17. The van der Waals surface area contributed by atoms with Crippen molar-refractivity contribution in [2.75, 3.05) is 0 Å². The summed E-state index contributed by atoms with van der Waals surface area (Å²) in [4.78, 5) is 12.7. The van der Waals surface area contributed by atoms with Gasteiger partial charge in [-0.05, 0) is 49.7 Å². The molecule has 1 heterocycles. The Kier molecular flexibility index (Phi) is 5.03. The highest BCUT2D eigenvalue weighted by atomic mass is 32.2. The van der Waals surface area contributed by atoms with E-state index in [2.05, 4.69) is 0 Å². The molecule has 6 heteroatoms. The molecule has 0 spiro atoms. The maximum absolute atomic E-state index is 13.9.